The number of aromatic nitrogens is 5. The third-order valence-corrected chi connectivity index (χ3v) is 7.01. The van der Waals surface area contributed by atoms with Gasteiger partial charge < -0.3 is 15.3 Å². The Hall–Kier alpha value is -3.27. The van der Waals surface area contributed by atoms with Gasteiger partial charge in [0.25, 0.3) is 5.91 Å². The number of carbonyl (C=O) groups excluding carboxylic acids is 1. The molecule has 2 fully saturated rings. The Balaban J connectivity index is 1.34. The van der Waals surface area contributed by atoms with Crippen LogP contribution in [0.5, 0.6) is 0 Å². The summed E-state index contributed by atoms with van der Waals surface area (Å²) in [5.41, 5.74) is 2.44. The number of nitrogens with zero attached hydrogens (tertiary/aromatic N) is 5. The van der Waals surface area contributed by atoms with E-state index in [1.165, 1.54) is 17.5 Å². The normalized spacial score (nSPS) is 24.0. The number of carbonyl (C=O) groups is 2. The number of aliphatic carboxylic acids is 1. The molecule has 3 atom stereocenters. The largest absolute Gasteiger partial charge is 0.480 e. The molecule has 32 heavy (non-hydrogen) atoms. The molecule has 0 radical (unpaired) electrons. The number of rotatable bonds is 6. The monoisotopic (exact) mass is 437 g/mol. The SMILES string of the molecule is CCC(C(=O)O)n1cc(-c2ccc3c(C(=O)NC4CC5CCC(C4)N5C)n[nH]c3c2)nn1. The molecule has 2 aromatic heterocycles. The van der Waals surface area contributed by atoms with Gasteiger partial charge >= 0.3 is 5.97 Å². The van der Waals surface area contributed by atoms with Crippen LogP contribution in [0.25, 0.3) is 22.2 Å². The lowest BCUT2D eigenvalue weighted by atomic mass is 9.98. The molecular formula is C22H27N7O3. The summed E-state index contributed by atoms with van der Waals surface area (Å²) in [5, 5.41) is 28.6. The average Bonchev–Trinajstić information content (AvgIpc) is 3.45. The Kier molecular flexibility index (Phi) is 5.16. The molecule has 3 unspecified atom stereocenters. The highest BCUT2D eigenvalue weighted by molar-refractivity contribution is 6.05. The van der Waals surface area contributed by atoms with Crippen LogP contribution in [0.15, 0.2) is 24.4 Å². The predicted octanol–water partition coefficient (Wildman–Crippen LogP) is 2.21. The van der Waals surface area contributed by atoms with Gasteiger partial charge in [0.05, 0.1) is 11.7 Å². The van der Waals surface area contributed by atoms with Gasteiger partial charge in [0, 0.05) is 29.1 Å². The molecule has 4 heterocycles. The second kappa shape index (κ2) is 8.01. The van der Waals surface area contributed by atoms with Gasteiger partial charge in [-0.3, -0.25) is 9.89 Å². The summed E-state index contributed by atoms with van der Waals surface area (Å²) in [6, 6.07) is 6.08. The van der Waals surface area contributed by atoms with Gasteiger partial charge in [0.15, 0.2) is 11.7 Å². The van der Waals surface area contributed by atoms with E-state index in [0.29, 0.717) is 29.9 Å². The molecule has 10 nitrogen and oxygen atoms in total. The molecule has 3 N–H and O–H groups in total. The zero-order valence-electron chi connectivity index (χ0n) is 18.2. The molecule has 1 amide bonds. The van der Waals surface area contributed by atoms with Crippen molar-refractivity contribution in [2.24, 2.45) is 0 Å². The molecular weight excluding hydrogens is 410 g/mol. The highest BCUT2D eigenvalue weighted by Gasteiger charge is 2.39. The third kappa shape index (κ3) is 3.54. The van der Waals surface area contributed by atoms with E-state index in [2.05, 4.69) is 37.8 Å². The lowest BCUT2D eigenvalue weighted by molar-refractivity contribution is -0.141. The molecule has 10 heteroatoms. The van der Waals surface area contributed by atoms with Gasteiger partial charge in [-0.25, -0.2) is 9.48 Å². The van der Waals surface area contributed by atoms with Gasteiger partial charge in [-0.05, 0) is 51.3 Å². The minimum atomic E-state index is -0.943. The zero-order chi connectivity index (χ0) is 22.4. The number of fused-ring (bicyclic) bond motifs is 3. The molecule has 0 spiro atoms. The zero-order valence-corrected chi connectivity index (χ0v) is 18.2. The second-order valence-corrected chi connectivity index (χ2v) is 8.87. The summed E-state index contributed by atoms with van der Waals surface area (Å²) in [6.45, 7) is 1.79. The van der Waals surface area contributed by atoms with Crippen molar-refractivity contribution >= 4 is 22.8 Å². The number of piperidine rings is 1. The Morgan fingerprint density at radius 3 is 2.72 bits per heavy atom. The molecule has 0 saturated carbocycles. The van der Waals surface area contributed by atoms with Crippen molar-refractivity contribution in [3.63, 3.8) is 0 Å². The van der Waals surface area contributed by atoms with E-state index in [1.807, 2.05) is 18.2 Å². The van der Waals surface area contributed by atoms with E-state index < -0.39 is 12.0 Å². The van der Waals surface area contributed by atoms with E-state index in [1.54, 1.807) is 13.1 Å². The number of amides is 1. The number of benzene rings is 1. The fourth-order valence-corrected chi connectivity index (χ4v) is 5.17. The van der Waals surface area contributed by atoms with Gasteiger partial charge in [-0.2, -0.15) is 5.10 Å². The van der Waals surface area contributed by atoms with Crippen LogP contribution in [0.4, 0.5) is 0 Å². The molecule has 168 valence electrons. The number of nitrogens with one attached hydrogen (secondary N) is 2. The topological polar surface area (TPSA) is 129 Å². The maximum Gasteiger partial charge on any atom is 0.328 e. The van der Waals surface area contributed by atoms with Crippen LogP contribution < -0.4 is 5.32 Å². The fourth-order valence-electron chi connectivity index (χ4n) is 5.17. The van der Waals surface area contributed by atoms with Crippen LogP contribution in [-0.4, -0.2) is 72.2 Å². The van der Waals surface area contributed by atoms with Crippen molar-refractivity contribution in [2.45, 2.75) is 63.2 Å². The maximum absolute atomic E-state index is 12.9. The first-order valence-corrected chi connectivity index (χ1v) is 11.1. The highest BCUT2D eigenvalue weighted by atomic mass is 16.4. The molecule has 2 aliphatic rings. The van der Waals surface area contributed by atoms with Gasteiger partial charge in [-0.1, -0.05) is 18.2 Å². The van der Waals surface area contributed by atoms with Crippen LogP contribution in [0.2, 0.25) is 0 Å². The first kappa shape index (κ1) is 20.6. The fraction of sp³-hybridized carbons (Fsp3) is 0.500. The molecule has 2 aliphatic heterocycles. The minimum Gasteiger partial charge on any atom is -0.480 e. The van der Waals surface area contributed by atoms with Gasteiger partial charge in [-0.15, -0.1) is 5.10 Å². The van der Waals surface area contributed by atoms with Crippen LogP contribution >= 0.6 is 0 Å². The van der Waals surface area contributed by atoms with Crippen molar-refractivity contribution < 1.29 is 14.7 Å². The molecule has 3 aromatic rings. The average molecular weight is 438 g/mol. The summed E-state index contributed by atoms with van der Waals surface area (Å²) >= 11 is 0. The molecule has 2 saturated heterocycles. The van der Waals surface area contributed by atoms with E-state index in [-0.39, 0.29) is 11.9 Å². The smallest absolute Gasteiger partial charge is 0.328 e. The van der Waals surface area contributed by atoms with Crippen molar-refractivity contribution in [1.82, 2.24) is 35.4 Å². The van der Waals surface area contributed by atoms with Crippen molar-refractivity contribution in [3.05, 3.63) is 30.1 Å². The van der Waals surface area contributed by atoms with Crippen LogP contribution in [0.3, 0.4) is 0 Å². The Morgan fingerprint density at radius 1 is 1.28 bits per heavy atom. The lowest BCUT2D eigenvalue weighted by Gasteiger charge is -2.36. The molecule has 2 bridgehead atoms. The summed E-state index contributed by atoms with van der Waals surface area (Å²) in [6.07, 6.45) is 6.41. The van der Waals surface area contributed by atoms with E-state index in [9.17, 15) is 14.7 Å². The van der Waals surface area contributed by atoms with Gasteiger partial charge in [0.2, 0.25) is 0 Å². The molecule has 1 aromatic carbocycles. The standard InChI is InChI=1S/C22H27N7O3/c1-3-19(22(31)32)29-11-18(25-27-29)12-4-7-16-17(8-12)24-26-20(16)21(30)23-13-9-14-5-6-15(10-13)28(14)2/h4,7-8,11,13-15,19H,3,5-6,9-10H2,1-2H3,(H,23,30)(H,24,26)(H,31,32). The predicted molar refractivity (Wildman–Crippen MR) is 117 cm³/mol. The Bertz CT molecular complexity index is 1160. The van der Waals surface area contributed by atoms with Crippen molar-refractivity contribution in [3.8, 4) is 11.3 Å². The van der Waals surface area contributed by atoms with Crippen LogP contribution in [0.1, 0.15) is 55.6 Å². The number of aromatic amines is 1. The lowest BCUT2D eigenvalue weighted by Crippen LogP contribution is -2.48. The van der Waals surface area contributed by atoms with Crippen molar-refractivity contribution in [1.29, 1.82) is 0 Å². The summed E-state index contributed by atoms with van der Waals surface area (Å²) in [4.78, 5) is 26.8. The quantitative estimate of drug-likeness (QED) is 0.539. The maximum atomic E-state index is 12.9. The number of carboxylic acids is 1. The Morgan fingerprint density at radius 2 is 2.03 bits per heavy atom. The Labute approximate surface area is 185 Å². The van der Waals surface area contributed by atoms with Crippen LogP contribution in [-0.2, 0) is 4.79 Å². The van der Waals surface area contributed by atoms with E-state index in [4.69, 9.17) is 0 Å². The second-order valence-electron chi connectivity index (χ2n) is 8.87. The summed E-state index contributed by atoms with van der Waals surface area (Å²) < 4.78 is 1.36. The first-order valence-electron chi connectivity index (χ1n) is 11.1. The van der Waals surface area contributed by atoms with Crippen LogP contribution in [0, 0.1) is 0 Å². The van der Waals surface area contributed by atoms with Gasteiger partial charge in [0.1, 0.15) is 5.69 Å². The minimum absolute atomic E-state index is 0.156. The summed E-state index contributed by atoms with van der Waals surface area (Å²) in [7, 11) is 2.18. The number of hydrogen-bond donors (Lipinski definition) is 3. The van der Waals surface area contributed by atoms with Crippen molar-refractivity contribution in [2.75, 3.05) is 7.05 Å². The highest BCUT2D eigenvalue weighted by Crippen LogP contribution is 2.34. The summed E-state index contributed by atoms with van der Waals surface area (Å²) in [5.74, 6) is -1.10. The molecule has 0 aliphatic carbocycles. The number of carboxylic acid groups (broad SMARTS) is 1. The van der Waals surface area contributed by atoms with E-state index in [0.717, 1.165) is 29.3 Å². The number of hydrogen-bond acceptors (Lipinski definition) is 6. The third-order valence-electron chi connectivity index (χ3n) is 7.01. The number of H-pyrrole nitrogens is 1. The first-order chi connectivity index (χ1) is 15.4. The van der Waals surface area contributed by atoms with E-state index >= 15 is 0 Å². The molecule has 5 rings (SSSR count).